The maximum Gasteiger partial charge on any atom is 0.331 e. The highest BCUT2D eigenvalue weighted by Gasteiger charge is 2.40. The molecule has 1 aliphatic carbocycles. The molecule has 1 saturated heterocycles. The van der Waals surface area contributed by atoms with E-state index in [1.54, 1.807) is 6.07 Å². The third-order valence-corrected chi connectivity index (χ3v) is 7.34. The number of urea groups is 1. The van der Waals surface area contributed by atoms with Crippen molar-refractivity contribution in [3.8, 4) is 11.5 Å². The van der Waals surface area contributed by atoms with E-state index in [9.17, 15) is 14.4 Å². The predicted molar refractivity (Wildman–Crippen MR) is 144 cm³/mol. The zero-order valence-electron chi connectivity index (χ0n) is 19.3. The lowest BCUT2D eigenvalue weighted by Gasteiger charge is -2.35. The number of carbonyl (C=O) groups excluding carboxylic acids is 3. The predicted octanol–water partition coefficient (Wildman–Crippen LogP) is 5.83. The second-order valence-electron chi connectivity index (χ2n) is 8.46. The Morgan fingerprint density at radius 2 is 1.80 bits per heavy atom. The molecule has 0 bridgehead atoms. The molecule has 2 aromatic rings. The van der Waals surface area contributed by atoms with Gasteiger partial charge in [0.25, 0.3) is 11.8 Å². The molecule has 7 nitrogen and oxygen atoms in total. The third kappa shape index (κ3) is 6.06. The van der Waals surface area contributed by atoms with Crippen LogP contribution in [0.15, 0.2) is 46.4 Å². The van der Waals surface area contributed by atoms with Crippen molar-refractivity contribution in [3.05, 3.63) is 61.1 Å². The number of ether oxygens (including phenoxy) is 2. The first-order chi connectivity index (χ1) is 16.9. The van der Waals surface area contributed by atoms with E-state index in [-0.39, 0.29) is 11.6 Å². The van der Waals surface area contributed by atoms with E-state index in [4.69, 9.17) is 9.47 Å². The van der Waals surface area contributed by atoms with Gasteiger partial charge in [-0.3, -0.25) is 19.8 Å². The van der Waals surface area contributed by atoms with Crippen LogP contribution in [0.3, 0.4) is 0 Å². The van der Waals surface area contributed by atoms with Crippen molar-refractivity contribution in [3.63, 3.8) is 0 Å². The van der Waals surface area contributed by atoms with Crippen LogP contribution < -0.4 is 14.8 Å². The first-order valence-electron chi connectivity index (χ1n) is 11.6. The van der Waals surface area contributed by atoms with Crippen molar-refractivity contribution < 1.29 is 23.9 Å². The van der Waals surface area contributed by atoms with Crippen LogP contribution in [-0.4, -0.2) is 35.4 Å². The lowest BCUT2D eigenvalue weighted by molar-refractivity contribution is -0.132. The molecule has 1 saturated carbocycles. The van der Waals surface area contributed by atoms with Crippen molar-refractivity contribution in [2.24, 2.45) is 0 Å². The first-order valence-corrected chi connectivity index (χ1v) is 13.5. The number of nitrogens with zero attached hydrogens (tertiary/aromatic N) is 1. The highest BCUT2D eigenvalue weighted by atomic mass is 127. The maximum absolute atomic E-state index is 13.2. The molecular formula is C26H26BrIN2O5. The van der Waals surface area contributed by atoms with E-state index >= 15 is 0 Å². The Kier molecular flexibility index (Phi) is 8.48. The van der Waals surface area contributed by atoms with Gasteiger partial charge in [0.15, 0.2) is 11.5 Å². The molecule has 1 aliphatic heterocycles. The van der Waals surface area contributed by atoms with Crippen molar-refractivity contribution in [1.82, 2.24) is 10.2 Å². The minimum absolute atomic E-state index is 0.0584. The Balaban J connectivity index is 1.61. The molecule has 0 atom stereocenters. The van der Waals surface area contributed by atoms with Gasteiger partial charge in [0.1, 0.15) is 12.2 Å². The number of hydrogen-bond donors (Lipinski definition) is 1. The van der Waals surface area contributed by atoms with Crippen LogP contribution in [0.2, 0.25) is 0 Å². The number of nitrogens with one attached hydrogen (secondary N) is 1. The molecule has 2 fully saturated rings. The highest BCUT2D eigenvalue weighted by Crippen LogP contribution is 2.36. The van der Waals surface area contributed by atoms with E-state index in [0.717, 1.165) is 45.7 Å². The maximum atomic E-state index is 13.2. The molecule has 184 valence electrons. The van der Waals surface area contributed by atoms with Gasteiger partial charge in [0, 0.05) is 10.5 Å². The second kappa shape index (κ2) is 11.6. The Bertz CT molecular complexity index is 1160. The summed E-state index contributed by atoms with van der Waals surface area (Å²) in [5.41, 5.74) is 1.57. The van der Waals surface area contributed by atoms with Crippen LogP contribution in [0, 0.1) is 3.57 Å². The van der Waals surface area contributed by atoms with Crippen molar-refractivity contribution >= 4 is 62.4 Å². The van der Waals surface area contributed by atoms with Gasteiger partial charge >= 0.3 is 6.03 Å². The first kappa shape index (κ1) is 25.7. The fraction of sp³-hybridized carbons (Fsp3) is 0.346. The summed E-state index contributed by atoms with van der Waals surface area (Å²) >= 11 is 5.59. The van der Waals surface area contributed by atoms with Gasteiger partial charge in [0.2, 0.25) is 0 Å². The molecule has 9 heteroatoms. The van der Waals surface area contributed by atoms with Crippen LogP contribution in [0.4, 0.5) is 4.79 Å². The quantitative estimate of drug-likeness (QED) is 0.231. The number of barbiturate groups is 1. The molecule has 1 heterocycles. The number of imide groups is 2. The van der Waals surface area contributed by atoms with E-state index in [0.29, 0.717) is 30.3 Å². The molecule has 2 aromatic carbocycles. The Hall–Kier alpha value is -2.40. The van der Waals surface area contributed by atoms with Gasteiger partial charge in [-0.1, -0.05) is 47.3 Å². The molecule has 0 spiro atoms. The van der Waals surface area contributed by atoms with E-state index in [1.807, 2.05) is 37.3 Å². The van der Waals surface area contributed by atoms with Gasteiger partial charge < -0.3 is 9.47 Å². The average Bonchev–Trinajstić information content (AvgIpc) is 2.83. The normalized spacial score (nSPS) is 18.1. The molecular weight excluding hydrogens is 627 g/mol. The largest absolute Gasteiger partial charge is 0.490 e. The van der Waals surface area contributed by atoms with Crippen molar-refractivity contribution in [2.45, 2.75) is 51.7 Å². The third-order valence-electron chi connectivity index (χ3n) is 6.01. The fourth-order valence-electron chi connectivity index (χ4n) is 4.32. The van der Waals surface area contributed by atoms with Gasteiger partial charge in [-0.2, -0.15) is 0 Å². The van der Waals surface area contributed by atoms with Gasteiger partial charge in [0.05, 0.1) is 10.2 Å². The molecule has 4 rings (SSSR count). The van der Waals surface area contributed by atoms with Gasteiger partial charge in [-0.25, -0.2) is 4.79 Å². The Morgan fingerprint density at radius 3 is 2.49 bits per heavy atom. The SMILES string of the molecule is CCOc1cc(C=C2C(=O)NC(=O)N(C3CCCCC3)C2=O)cc(I)c1OCc1ccc(Br)cc1. The van der Waals surface area contributed by atoms with Crippen LogP contribution >= 0.6 is 38.5 Å². The summed E-state index contributed by atoms with van der Waals surface area (Å²) in [5.74, 6) is -0.118. The standard InChI is InChI=1S/C26H26BrIN2O5/c1-2-34-22-14-17(13-21(28)23(22)35-15-16-8-10-18(27)11-9-16)12-20-24(31)29-26(33)30(25(20)32)19-6-4-3-5-7-19/h8-14,19H,2-7,15H2,1H3,(H,29,31,33). The van der Waals surface area contributed by atoms with Crippen LogP contribution in [-0.2, 0) is 16.2 Å². The summed E-state index contributed by atoms with van der Waals surface area (Å²) in [6, 6.07) is 10.6. The summed E-state index contributed by atoms with van der Waals surface area (Å²) in [4.78, 5) is 39.5. The Labute approximate surface area is 226 Å². The van der Waals surface area contributed by atoms with E-state index in [1.165, 1.54) is 11.0 Å². The van der Waals surface area contributed by atoms with Gasteiger partial charge in [-0.15, -0.1) is 0 Å². The zero-order chi connectivity index (χ0) is 24.9. The molecule has 2 aliphatic rings. The van der Waals surface area contributed by atoms with Crippen molar-refractivity contribution in [2.75, 3.05) is 6.61 Å². The Morgan fingerprint density at radius 1 is 1.09 bits per heavy atom. The summed E-state index contributed by atoms with van der Waals surface area (Å²) < 4.78 is 13.7. The van der Waals surface area contributed by atoms with Crippen LogP contribution in [0.25, 0.3) is 6.08 Å². The molecule has 1 N–H and O–H groups in total. The molecule has 0 radical (unpaired) electrons. The minimum atomic E-state index is -0.685. The van der Waals surface area contributed by atoms with E-state index in [2.05, 4.69) is 43.8 Å². The van der Waals surface area contributed by atoms with E-state index < -0.39 is 17.8 Å². The van der Waals surface area contributed by atoms with Crippen LogP contribution in [0.1, 0.15) is 50.2 Å². The topological polar surface area (TPSA) is 84.9 Å². The fourth-order valence-corrected chi connectivity index (χ4v) is 5.36. The number of hydrogen-bond acceptors (Lipinski definition) is 5. The number of carbonyl (C=O) groups is 3. The molecule has 0 aromatic heterocycles. The van der Waals surface area contributed by atoms with Crippen molar-refractivity contribution in [1.29, 1.82) is 0 Å². The zero-order valence-corrected chi connectivity index (χ0v) is 23.1. The summed E-state index contributed by atoms with van der Waals surface area (Å²) in [7, 11) is 0. The van der Waals surface area contributed by atoms with Gasteiger partial charge in [-0.05, 0) is 83.8 Å². The highest BCUT2D eigenvalue weighted by molar-refractivity contribution is 14.1. The lowest BCUT2D eigenvalue weighted by Crippen LogP contribution is -2.58. The minimum Gasteiger partial charge on any atom is -0.490 e. The summed E-state index contributed by atoms with van der Waals surface area (Å²) in [5, 5.41) is 2.33. The molecule has 4 amide bonds. The second-order valence-corrected chi connectivity index (χ2v) is 10.5. The molecule has 35 heavy (non-hydrogen) atoms. The monoisotopic (exact) mass is 652 g/mol. The number of amides is 4. The average molecular weight is 653 g/mol. The van der Waals surface area contributed by atoms with Crippen LogP contribution in [0.5, 0.6) is 11.5 Å². The summed E-state index contributed by atoms with van der Waals surface area (Å²) in [6.45, 7) is 2.67. The smallest absolute Gasteiger partial charge is 0.331 e. The summed E-state index contributed by atoms with van der Waals surface area (Å²) in [6.07, 6.45) is 6.06. The number of halogens is 2. The molecule has 0 unspecified atom stereocenters. The lowest BCUT2D eigenvalue weighted by atomic mass is 9.93. The number of rotatable bonds is 7. The number of benzene rings is 2.